The number of aromatic nitrogens is 2. The molecule has 0 radical (unpaired) electrons. The zero-order valence-electron chi connectivity index (χ0n) is 10.1. The number of carbonyl (C=O) groups is 1. The third kappa shape index (κ3) is 2.52. The van der Waals surface area contributed by atoms with E-state index in [2.05, 4.69) is 15.3 Å². The average molecular weight is 235 g/mol. The first kappa shape index (κ1) is 11.8. The lowest BCUT2D eigenvalue weighted by atomic mass is 10.2. The number of hydrogen-bond donors (Lipinski definition) is 2. The van der Waals surface area contributed by atoms with Crippen molar-refractivity contribution < 1.29 is 4.79 Å². The molecule has 6 nitrogen and oxygen atoms in total. The van der Waals surface area contributed by atoms with Gasteiger partial charge in [-0.15, -0.1) is 0 Å². The Morgan fingerprint density at radius 1 is 1.47 bits per heavy atom. The van der Waals surface area contributed by atoms with Gasteiger partial charge in [-0.2, -0.15) is 0 Å². The normalized spacial score (nSPS) is 20.4. The fourth-order valence-electron chi connectivity index (χ4n) is 2.03. The van der Waals surface area contributed by atoms with Gasteiger partial charge in [0.15, 0.2) is 0 Å². The number of piperazine rings is 1. The molecule has 1 aliphatic heterocycles. The van der Waals surface area contributed by atoms with Crippen LogP contribution in [0.5, 0.6) is 0 Å². The Hall–Kier alpha value is -1.69. The van der Waals surface area contributed by atoms with Crippen LogP contribution >= 0.6 is 0 Å². The van der Waals surface area contributed by atoms with Crippen LogP contribution in [0, 0.1) is 13.8 Å². The molecule has 92 valence electrons. The van der Waals surface area contributed by atoms with Crippen molar-refractivity contribution >= 4 is 11.9 Å². The highest BCUT2D eigenvalue weighted by atomic mass is 16.1. The van der Waals surface area contributed by atoms with Crippen LogP contribution in [0.3, 0.4) is 0 Å². The average Bonchev–Trinajstić information content (AvgIpc) is 2.27. The minimum atomic E-state index is -0.370. The summed E-state index contributed by atoms with van der Waals surface area (Å²) in [5.74, 6) is 0.243. The number of carbonyl (C=O) groups excluding carboxylic acids is 1. The predicted octanol–water partition coefficient (Wildman–Crippen LogP) is -0.643. The molecule has 1 aliphatic rings. The Kier molecular flexibility index (Phi) is 3.23. The molecule has 1 aromatic rings. The molecule has 2 heterocycles. The van der Waals surface area contributed by atoms with E-state index < -0.39 is 0 Å². The summed E-state index contributed by atoms with van der Waals surface area (Å²) in [6.07, 6.45) is 0. The summed E-state index contributed by atoms with van der Waals surface area (Å²) in [7, 11) is 0. The third-order valence-corrected chi connectivity index (χ3v) is 2.80. The number of amides is 1. The molecule has 1 atom stereocenters. The van der Waals surface area contributed by atoms with Crippen molar-refractivity contribution in [3.63, 3.8) is 0 Å². The van der Waals surface area contributed by atoms with Crippen molar-refractivity contribution in [3.8, 4) is 0 Å². The number of primary amides is 1. The van der Waals surface area contributed by atoms with Gasteiger partial charge < -0.3 is 16.0 Å². The Morgan fingerprint density at radius 3 is 2.71 bits per heavy atom. The van der Waals surface area contributed by atoms with Gasteiger partial charge in [-0.3, -0.25) is 4.79 Å². The van der Waals surface area contributed by atoms with Crippen molar-refractivity contribution in [1.29, 1.82) is 0 Å². The van der Waals surface area contributed by atoms with Crippen LogP contribution in [-0.2, 0) is 4.79 Å². The molecule has 2 rings (SSSR count). The van der Waals surface area contributed by atoms with Gasteiger partial charge in [-0.05, 0) is 19.9 Å². The molecule has 3 N–H and O–H groups in total. The van der Waals surface area contributed by atoms with Crippen LogP contribution in [0.2, 0.25) is 0 Å². The van der Waals surface area contributed by atoms with Crippen LogP contribution in [0.15, 0.2) is 6.07 Å². The first-order valence-electron chi connectivity index (χ1n) is 5.67. The van der Waals surface area contributed by atoms with E-state index in [-0.39, 0.29) is 11.9 Å². The molecule has 6 heteroatoms. The largest absolute Gasteiger partial charge is 0.368 e. The van der Waals surface area contributed by atoms with Gasteiger partial charge in [0, 0.05) is 31.0 Å². The second kappa shape index (κ2) is 4.67. The maximum absolute atomic E-state index is 11.4. The molecule has 0 aliphatic carbocycles. The summed E-state index contributed by atoms with van der Waals surface area (Å²) in [5, 5.41) is 3.15. The number of aryl methyl sites for hydroxylation is 2. The number of nitrogens with zero attached hydrogens (tertiary/aromatic N) is 3. The van der Waals surface area contributed by atoms with Gasteiger partial charge in [-0.25, -0.2) is 9.97 Å². The fraction of sp³-hybridized carbons (Fsp3) is 0.545. The predicted molar refractivity (Wildman–Crippen MR) is 64.7 cm³/mol. The summed E-state index contributed by atoms with van der Waals surface area (Å²) in [4.78, 5) is 22.0. The van der Waals surface area contributed by atoms with E-state index >= 15 is 0 Å². The third-order valence-electron chi connectivity index (χ3n) is 2.80. The first-order valence-corrected chi connectivity index (χ1v) is 5.67. The zero-order chi connectivity index (χ0) is 12.4. The monoisotopic (exact) mass is 235 g/mol. The van der Waals surface area contributed by atoms with E-state index in [1.807, 2.05) is 24.8 Å². The van der Waals surface area contributed by atoms with Gasteiger partial charge in [0.05, 0.1) is 0 Å². The highest BCUT2D eigenvalue weighted by molar-refractivity contribution is 5.83. The van der Waals surface area contributed by atoms with E-state index in [9.17, 15) is 4.79 Å². The molecule has 1 fully saturated rings. The van der Waals surface area contributed by atoms with Crippen molar-refractivity contribution in [2.45, 2.75) is 19.9 Å². The molecule has 1 saturated heterocycles. The minimum Gasteiger partial charge on any atom is -0.368 e. The van der Waals surface area contributed by atoms with E-state index in [4.69, 9.17) is 5.73 Å². The maximum atomic E-state index is 11.4. The Morgan fingerprint density at radius 2 is 2.12 bits per heavy atom. The lowest BCUT2D eigenvalue weighted by Crippen LogP contribution is -2.57. The van der Waals surface area contributed by atoms with Crippen LogP contribution in [0.4, 0.5) is 5.95 Å². The minimum absolute atomic E-state index is 0.347. The van der Waals surface area contributed by atoms with Crippen molar-refractivity contribution in [2.75, 3.05) is 24.5 Å². The highest BCUT2D eigenvalue weighted by Crippen LogP contribution is 2.14. The SMILES string of the molecule is Cc1cc(C)nc(N2CCNCC2C(N)=O)n1. The van der Waals surface area contributed by atoms with Crippen molar-refractivity contribution in [1.82, 2.24) is 15.3 Å². The van der Waals surface area contributed by atoms with Gasteiger partial charge in [0.25, 0.3) is 0 Å². The lowest BCUT2D eigenvalue weighted by molar-refractivity contribution is -0.119. The maximum Gasteiger partial charge on any atom is 0.241 e. The van der Waals surface area contributed by atoms with E-state index in [1.54, 1.807) is 0 Å². The first-order chi connectivity index (χ1) is 8.08. The fourth-order valence-corrected chi connectivity index (χ4v) is 2.03. The van der Waals surface area contributed by atoms with Gasteiger partial charge >= 0.3 is 0 Å². The molecule has 0 spiro atoms. The number of anilines is 1. The molecule has 0 aromatic carbocycles. The highest BCUT2D eigenvalue weighted by Gasteiger charge is 2.28. The van der Waals surface area contributed by atoms with E-state index in [0.29, 0.717) is 19.0 Å². The topological polar surface area (TPSA) is 84.1 Å². The van der Waals surface area contributed by atoms with Crippen molar-refractivity contribution in [2.24, 2.45) is 5.73 Å². The van der Waals surface area contributed by atoms with E-state index in [0.717, 1.165) is 17.9 Å². The molecule has 0 saturated carbocycles. The summed E-state index contributed by atoms with van der Waals surface area (Å²) in [6, 6.07) is 1.54. The van der Waals surface area contributed by atoms with Crippen LogP contribution < -0.4 is 16.0 Å². The number of hydrogen-bond acceptors (Lipinski definition) is 5. The Balaban J connectivity index is 2.32. The summed E-state index contributed by atoms with van der Waals surface area (Å²) in [5.41, 5.74) is 7.19. The van der Waals surface area contributed by atoms with Gasteiger partial charge in [-0.1, -0.05) is 0 Å². The number of rotatable bonds is 2. The van der Waals surface area contributed by atoms with Gasteiger partial charge in [0.2, 0.25) is 11.9 Å². The summed E-state index contributed by atoms with van der Waals surface area (Å²) in [6.45, 7) is 5.88. The second-order valence-electron chi connectivity index (χ2n) is 4.27. The second-order valence-corrected chi connectivity index (χ2v) is 4.27. The summed E-state index contributed by atoms with van der Waals surface area (Å²) < 4.78 is 0. The Labute approximate surface area is 100 Å². The zero-order valence-corrected chi connectivity index (χ0v) is 10.1. The molecular weight excluding hydrogens is 218 g/mol. The summed E-state index contributed by atoms with van der Waals surface area (Å²) >= 11 is 0. The molecule has 1 amide bonds. The van der Waals surface area contributed by atoms with Crippen LogP contribution in [-0.4, -0.2) is 41.6 Å². The lowest BCUT2D eigenvalue weighted by Gasteiger charge is -2.34. The standard InChI is InChI=1S/C11H17N5O/c1-7-5-8(2)15-11(14-7)16-4-3-13-6-9(16)10(12)17/h5,9,13H,3-4,6H2,1-2H3,(H2,12,17). The molecule has 1 unspecified atom stereocenters. The molecule has 1 aromatic heterocycles. The molecular formula is C11H17N5O. The number of nitrogens with one attached hydrogen (secondary N) is 1. The van der Waals surface area contributed by atoms with E-state index in [1.165, 1.54) is 0 Å². The van der Waals surface area contributed by atoms with Gasteiger partial charge in [0.1, 0.15) is 6.04 Å². The quantitative estimate of drug-likeness (QED) is 0.712. The molecule has 0 bridgehead atoms. The molecule has 17 heavy (non-hydrogen) atoms. The smallest absolute Gasteiger partial charge is 0.241 e. The van der Waals surface area contributed by atoms with Crippen molar-refractivity contribution in [3.05, 3.63) is 17.5 Å². The van der Waals surface area contributed by atoms with Crippen LogP contribution in [0.1, 0.15) is 11.4 Å². The number of nitrogens with two attached hydrogens (primary N) is 1. The van der Waals surface area contributed by atoms with Crippen LogP contribution in [0.25, 0.3) is 0 Å². The Bertz CT molecular complexity index is 414.